The molecule has 0 N–H and O–H groups in total. The average molecular weight is 883 g/mol. The van der Waals surface area contributed by atoms with Crippen molar-refractivity contribution >= 4 is 95.4 Å². The van der Waals surface area contributed by atoms with Gasteiger partial charge in [0.05, 0.1) is 33.5 Å². The maximum Gasteiger partial charge on any atom is 0.115 e. The number of para-hydroxylation sites is 2. The number of fused-ring (bicyclic) bond motifs is 13. The minimum absolute atomic E-state index is 0.373. The van der Waals surface area contributed by atoms with Crippen molar-refractivity contribution in [1.82, 2.24) is 9.13 Å². The molecule has 0 saturated heterocycles. The van der Waals surface area contributed by atoms with Crippen LogP contribution >= 0.6 is 0 Å². The lowest BCUT2D eigenvalue weighted by Gasteiger charge is -2.19. The summed E-state index contributed by atoms with van der Waals surface area (Å²) in [6, 6.07) is 70.5. The summed E-state index contributed by atoms with van der Waals surface area (Å²) >= 11 is 0. The van der Waals surface area contributed by atoms with Crippen LogP contribution in [0.15, 0.2) is 217 Å². The zero-order chi connectivity index (χ0) is 46.2. The summed E-state index contributed by atoms with van der Waals surface area (Å²) in [5.74, 6) is 0. The Bertz CT molecular complexity index is 4160. The lowest BCUT2D eigenvalue weighted by atomic mass is 9.87. The standard InChI is InChI=1S/C65H46N4/c1-4-20-51-46(5-2)49-29-16-17-31-52(49)64(66-3)62(51)63(42-22-8-6-9-23-42)67-40-68-57-35-34-44(37-55(57)61-47-27-14-12-21-41(47)33-36-59(61)68)53-39-54-50-30-18-19-32-58(50)69(45-25-10-7-11-26-45)65(54)56-38-43-24-13-15-28-48(43)60(53)56/h4-37,39H,2-3,38,40H2,1H3/b20-4-,67-63-. The van der Waals surface area contributed by atoms with Gasteiger partial charge in [0.25, 0.3) is 0 Å². The van der Waals surface area contributed by atoms with E-state index in [-0.39, 0.29) is 0 Å². The van der Waals surface area contributed by atoms with Crippen molar-refractivity contribution in [3.05, 3.63) is 240 Å². The molecule has 1 aliphatic carbocycles. The average Bonchev–Trinajstić information content (AvgIpc) is 4.07. The lowest BCUT2D eigenvalue weighted by Crippen LogP contribution is -2.10. The van der Waals surface area contributed by atoms with E-state index in [0.717, 1.165) is 61.9 Å². The van der Waals surface area contributed by atoms with Gasteiger partial charge in [-0.1, -0.05) is 176 Å². The summed E-state index contributed by atoms with van der Waals surface area (Å²) < 4.78 is 4.88. The zero-order valence-corrected chi connectivity index (χ0v) is 38.3. The molecule has 2 aromatic heterocycles. The van der Waals surface area contributed by atoms with Crippen LogP contribution in [-0.2, 0) is 13.1 Å². The molecule has 0 amide bonds. The Morgan fingerprint density at radius 3 is 2.09 bits per heavy atom. The number of hydrogen-bond donors (Lipinski definition) is 0. The molecule has 0 aliphatic heterocycles. The van der Waals surface area contributed by atoms with Crippen LogP contribution in [0.1, 0.15) is 40.3 Å². The van der Waals surface area contributed by atoms with Crippen LogP contribution in [0.4, 0.5) is 5.69 Å². The molecule has 10 aromatic carbocycles. The van der Waals surface area contributed by atoms with Gasteiger partial charge in [-0.15, -0.1) is 0 Å². The van der Waals surface area contributed by atoms with E-state index >= 15 is 0 Å². The summed E-state index contributed by atoms with van der Waals surface area (Å²) in [4.78, 5) is 10.5. The van der Waals surface area contributed by atoms with Crippen LogP contribution in [-0.4, -0.2) is 21.6 Å². The highest BCUT2D eigenvalue weighted by Gasteiger charge is 2.29. The first kappa shape index (κ1) is 40.4. The van der Waals surface area contributed by atoms with Gasteiger partial charge in [-0.05, 0) is 117 Å². The third-order valence-corrected chi connectivity index (χ3v) is 14.4. The predicted molar refractivity (Wildman–Crippen MR) is 295 cm³/mol. The molecule has 1 aliphatic rings. The Hall–Kier alpha value is -8.86. The van der Waals surface area contributed by atoms with Gasteiger partial charge in [0.2, 0.25) is 0 Å². The summed E-state index contributed by atoms with van der Waals surface area (Å²) in [6.07, 6.45) is 7.07. The lowest BCUT2D eigenvalue weighted by molar-refractivity contribution is 0.793. The molecule has 0 spiro atoms. The van der Waals surface area contributed by atoms with E-state index in [1.165, 1.54) is 82.4 Å². The van der Waals surface area contributed by atoms with Gasteiger partial charge in [0.1, 0.15) is 6.67 Å². The molecule has 2 heterocycles. The third kappa shape index (κ3) is 6.15. The van der Waals surface area contributed by atoms with Gasteiger partial charge >= 0.3 is 0 Å². The van der Waals surface area contributed by atoms with Crippen LogP contribution in [0.5, 0.6) is 0 Å². The van der Waals surface area contributed by atoms with Gasteiger partial charge in [0.15, 0.2) is 0 Å². The van der Waals surface area contributed by atoms with Gasteiger partial charge in [0, 0.05) is 50.2 Å². The molecule has 12 aromatic rings. The van der Waals surface area contributed by atoms with Crippen molar-refractivity contribution in [2.75, 3.05) is 0 Å². The van der Waals surface area contributed by atoms with Gasteiger partial charge in [-0.3, -0.25) is 9.98 Å². The van der Waals surface area contributed by atoms with E-state index in [9.17, 15) is 0 Å². The van der Waals surface area contributed by atoms with Gasteiger partial charge in [-0.25, -0.2) is 0 Å². The molecule has 0 unspecified atom stereocenters. The number of aromatic nitrogens is 2. The molecule has 0 fully saturated rings. The highest BCUT2D eigenvalue weighted by molar-refractivity contribution is 6.24. The van der Waals surface area contributed by atoms with E-state index in [0.29, 0.717) is 6.67 Å². The van der Waals surface area contributed by atoms with E-state index in [1.54, 1.807) is 0 Å². The first-order valence-electron chi connectivity index (χ1n) is 23.7. The van der Waals surface area contributed by atoms with Crippen LogP contribution in [0.3, 0.4) is 0 Å². The Morgan fingerprint density at radius 1 is 0.594 bits per heavy atom. The Balaban J connectivity index is 1.08. The van der Waals surface area contributed by atoms with E-state index < -0.39 is 0 Å². The quantitative estimate of drug-likeness (QED) is 0.130. The van der Waals surface area contributed by atoms with Gasteiger partial charge in [-0.2, -0.15) is 0 Å². The molecule has 0 saturated carbocycles. The maximum atomic E-state index is 5.69. The SMILES string of the molecule is C=Cc1c(/C=C\C)c(/C(=N\Cn2c3ccc(-c4cc5c6ccccc6n(-c6ccccc6)c5c5c4-c4ccccc4C5)cc3c3c4ccccc4ccc32)c2ccccc2)c(N=C)c2ccccc12. The van der Waals surface area contributed by atoms with Crippen molar-refractivity contribution in [3.63, 3.8) is 0 Å². The number of benzene rings is 10. The fourth-order valence-electron chi connectivity index (χ4n) is 11.5. The van der Waals surface area contributed by atoms with Crippen molar-refractivity contribution in [2.24, 2.45) is 9.98 Å². The molecule has 0 atom stereocenters. The Kier molecular flexibility index (Phi) is 9.48. The number of rotatable bonds is 9. The van der Waals surface area contributed by atoms with E-state index in [1.807, 2.05) is 6.08 Å². The van der Waals surface area contributed by atoms with Crippen molar-refractivity contribution in [1.29, 1.82) is 0 Å². The number of hydrogen-bond acceptors (Lipinski definition) is 2. The second kappa shape index (κ2) is 16.2. The number of allylic oxidation sites excluding steroid dienone is 1. The highest BCUT2D eigenvalue weighted by atomic mass is 15.1. The fraction of sp³-hybridized carbons (Fsp3) is 0.0462. The predicted octanol–water partition coefficient (Wildman–Crippen LogP) is 16.9. The van der Waals surface area contributed by atoms with Crippen molar-refractivity contribution < 1.29 is 0 Å². The Morgan fingerprint density at radius 2 is 1.29 bits per heavy atom. The fourth-order valence-corrected chi connectivity index (χ4v) is 11.5. The van der Waals surface area contributed by atoms with Crippen LogP contribution in [0, 0.1) is 0 Å². The minimum Gasteiger partial charge on any atom is -0.320 e. The van der Waals surface area contributed by atoms with E-state index in [2.05, 4.69) is 236 Å². The van der Waals surface area contributed by atoms with E-state index in [4.69, 9.17) is 9.98 Å². The first-order chi connectivity index (χ1) is 34.1. The Labute approximate surface area is 400 Å². The summed E-state index contributed by atoms with van der Waals surface area (Å²) in [6.45, 7) is 10.9. The number of aliphatic imine (C=N–C) groups is 2. The largest absolute Gasteiger partial charge is 0.320 e. The van der Waals surface area contributed by atoms with Gasteiger partial charge < -0.3 is 9.13 Å². The summed E-state index contributed by atoms with van der Waals surface area (Å²) in [5.41, 5.74) is 19.4. The van der Waals surface area contributed by atoms with Crippen LogP contribution in [0.25, 0.3) is 105 Å². The minimum atomic E-state index is 0.373. The smallest absolute Gasteiger partial charge is 0.115 e. The second-order valence-corrected chi connectivity index (χ2v) is 18.0. The number of nitrogens with zero attached hydrogens (tertiary/aromatic N) is 4. The van der Waals surface area contributed by atoms with Crippen molar-refractivity contribution in [2.45, 2.75) is 20.0 Å². The molecule has 4 nitrogen and oxygen atoms in total. The van der Waals surface area contributed by atoms with Crippen LogP contribution in [0.2, 0.25) is 0 Å². The topological polar surface area (TPSA) is 34.6 Å². The highest BCUT2D eigenvalue weighted by Crippen LogP contribution is 2.50. The summed E-state index contributed by atoms with van der Waals surface area (Å²) in [7, 11) is 0. The zero-order valence-electron chi connectivity index (χ0n) is 38.3. The third-order valence-electron chi connectivity index (χ3n) is 14.4. The molecular weight excluding hydrogens is 837 g/mol. The monoisotopic (exact) mass is 882 g/mol. The second-order valence-electron chi connectivity index (χ2n) is 18.0. The maximum absolute atomic E-state index is 5.69. The molecule has 4 heteroatoms. The molecule has 13 rings (SSSR count). The molecule has 69 heavy (non-hydrogen) atoms. The van der Waals surface area contributed by atoms with Crippen molar-refractivity contribution in [3.8, 4) is 27.9 Å². The molecule has 0 radical (unpaired) electrons. The molecule has 0 bridgehead atoms. The molecular formula is C65H46N4. The van der Waals surface area contributed by atoms with Crippen LogP contribution < -0.4 is 0 Å². The molecule has 326 valence electrons. The first-order valence-corrected chi connectivity index (χ1v) is 23.7. The summed E-state index contributed by atoms with van der Waals surface area (Å²) in [5, 5.41) is 9.48. The normalized spacial score (nSPS) is 12.6.